The van der Waals surface area contributed by atoms with Crippen LogP contribution < -0.4 is 9.05 Å². The summed E-state index contributed by atoms with van der Waals surface area (Å²) >= 11 is 4.37. The zero-order valence-corrected chi connectivity index (χ0v) is 15.0. The zero-order valence-electron chi connectivity index (χ0n) is 13.2. The summed E-state index contributed by atoms with van der Waals surface area (Å²) in [5.74, 6) is 1.57. The third-order valence-corrected chi connectivity index (χ3v) is 4.25. The molecule has 0 aliphatic carbocycles. The van der Waals surface area contributed by atoms with E-state index in [1.807, 2.05) is 24.3 Å². The molecule has 0 amide bonds. The highest BCUT2D eigenvalue weighted by Gasteiger charge is 2.09. The summed E-state index contributed by atoms with van der Waals surface area (Å²) in [6, 6.07) is 16.0. The number of hydrogen-bond donors (Lipinski definition) is 2. The molecule has 2 rings (SSSR count). The van der Waals surface area contributed by atoms with E-state index in [9.17, 15) is 0 Å². The Balaban J connectivity index is 0.00000116. The van der Waals surface area contributed by atoms with Gasteiger partial charge in [-0.1, -0.05) is 50.4 Å². The van der Waals surface area contributed by atoms with Crippen molar-refractivity contribution in [3.8, 4) is 11.5 Å². The fourth-order valence-electron chi connectivity index (χ4n) is 1.77. The van der Waals surface area contributed by atoms with Gasteiger partial charge in [-0.15, -0.1) is 0 Å². The number of thiol groups is 1. The molecule has 0 aliphatic heterocycles. The van der Waals surface area contributed by atoms with Gasteiger partial charge in [0.25, 0.3) is 0 Å². The molecule has 2 aromatic carbocycles. The molecule has 0 radical (unpaired) electrons. The van der Waals surface area contributed by atoms with Crippen LogP contribution in [0.4, 0.5) is 0 Å². The largest absolute Gasteiger partial charge is 0.431 e. The molecule has 0 fully saturated rings. The summed E-state index contributed by atoms with van der Waals surface area (Å²) < 4.78 is 11.4. The zero-order chi connectivity index (χ0) is 16.4. The van der Waals surface area contributed by atoms with Crippen LogP contribution in [0.25, 0.3) is 0 Å². The van der Waals surface area contributed by atoms with E-state index in [0.717, 1.165) is 31.5 Å². The van der Waals surface area contributed by atoms with Gasteiger partial charge in [0.05, 0.1) is 0 Å². The molecule has 22 heavy (non-hydrogen) atoms. The summed E-state index contributed by atoms with van der Waals surface area (Å²) in [5, 5.41) is 7.00. The fraction of sp³-hybridized carbons (Fsp3) is 0.294. The van der Waals surface area contributed by atoms with E-state index in [4.69, 9.17) is 14.2 Å². The molecule has 2 aromatic rings. The smallest absolute Gasteiger partial charge is 0.357 e. The van der Waals surface area contributed by atoms with Crippen molar-refractivity contribution in [1.82, 2.24) is 0 Å². The van der Waals surface area contributed by atoms with E-state index in [2.05, 4.69) is 50.4 Å². The molecule has 120 valence electrons. The lowest BCUT2D eigenvalue weighted by Crippen LogP contribution is -1.91. The van der Waals surface area contributed by atoms with Crippen molar-refractivity contribution in [3.63, 3.8) is 0 Å². The molecule has 1 N–H and O–H groups in total. The van der Waals surface area contributed by atoms with Crippen LogP contribution in [0.5, 0.6) is 11.5 Å². The first-order valence-corrected chi connectivity index (χ1v) is 9.51. The second-order valence-corrected chi connectivity index (χ2v) is 6.24. The van der Waals surface area contributed by atoms with Crippen LogP contribution in [0.2, 0.25) is 0 Å². The van der Waals surface area contributed by atoms with Gasteiger partial charge in [0.15, 0.2) is 0 Å². The van der Waals surface area contributed by atoms with E-state index < -0.39 is 7.58 Å². The third kappa shape index (κ3) is 6.27. The second-order valence-electron chi connectivity index (χ2n) is 4.42. The van der Waals surface area contributed by atoms with Gasteiger partial charge in [-0.2, -0.15) is 0 Å². The van der Waals surface area contributed by atoms with Gasteiger partial charge in [0.1, 0.15) is 11.5 Å². The number of aliphatic hydroxyl groups excluding tert-OH is 1. The van der Waals surface area contributed by atoms with Crippen LogP contribution in [0.1, 0.15) is 25.0 Å². The van der Waals surface area contributed by atoms with Crippen molar-refractivity contribution in [2.24, 2.45) is 0 Å². The number of hydrogen-bond acceptors (Lipinski definition) is 4. The lowest BCUT2D eigenvalue weighted by molar-refractivity contribution is 0.399. The van der Waals surface area contributed by atoms with Crippen molar-refractivity contribution in [3.05, 3.63) is 59.7 Å². The Bertz CT molecular complexity index is 479. The number of aliphatic hydroxyl groups is 1. The van der Waals surface area contributed by atoms with Crippen LogP contribution in [0.15, 0.2) is 48.5 Å². The summed E-state index contributed by atoms with van der Waals surface area (Å²) in [6.07, 6.45) is 2.05. The second kappa shape index (κ2) is 10.5. The third-order valence-electron chi connectivity index (χ3n) is 3.03. The predicted molar refractivity (Wildman–Crippen MR) is 96.9 cm³/mol. The van der Waals surface area contributed by atoms with Crippen LogP contribution in [-0.4, -0.2) is 12.2 Å². The Morgan fingerprint density at radius 2 is 1.09 bits per heavy atom. The van der Waals surface area contributed by atoms with Crippen LogP contribution in [0, 0.1) is 0 Å². The van der Waals surface area contributed by atoms with Gasteiger partial charge in [-0.25, -0.2) is 0 Å². The van der Waals surface area contributed by atoms with Crippen molar-refractivity contribution in [2.45, 2.75) is 26.7 Å². The molecule has 0 aromatic heterocycles. The van der Waals surface area contributed by atoms with Gasteiger partial charge in [0, 0.05) is 7.11 Å². The monoisotopic (exact) mass is 338 g/mol. The molecular formula is C17H23O3PS. The van der Waals surface area contributed by atoms with Crippen molar-refractivity contribution >= 4 is 19.8 Å². The van der Waals surface area contributed by atoms with Crippen LogP contribution in [0.3, 0.4) is 0 Å². The molecule has 0 saturated heterocycles. The van der Waals surface area contributed by atoms with Crippen molar-refractivity contribution < 1.29 is 14.2 Å². The Labute approximate surface area is 139 Å². The Kier molecular flexibility index (Phi) is 8.98. The van der Waals surface area contributed by atoms with Gasteiger partial charge in [-0.3, -0.25) is 0 Å². The molecule has 0 bridgehead atoms. The Hall–Kier alpha value is -1.22. The molecule has 0 heterocycles. The van der Waals surface area contributed by atoms with Gasteiger partial charge in [0.2, 0.25) is 0 Å². The predicted octanol–water partition coefficient (Wildman–Crippen LogP) is 5.03. The summed E-state index contributed by atoms with van der Waals surface area (Å²) in [7, 11) is -0.266. The first kappa shape index (κ1) is 18.8. The van der Waals surface area contributed by atoms with E-state index in [1.54, 1.807) is 0 Å². The minimum Gasteiger partial charge on any atom is -0.431 e. The van der Waals surface area contributed by atoms with Crippen molar-refractivity contribution in [1.29, 1.82) is 0 Å². The minimum atomic E-state index is -1.27. The van der Waals surface area contributed by atoms with Gasteiger partial charge in [-0.05, 0) is 48.2 Å². The highest BCUT2D eigenvalue weighted by atomic mass is 32.7. The molecule has 0 atom stereocenters. The standard InChI is InChI=1S/C16H19O2PS.CH4O/c1-3-13-5-9-15(10-6-13)17-19(20)18-16-11-7-14(4-2)8-12-16;1-2/h5-12,20H,3-4H2,1-2H3;2H,1H3. The molecular weight excluding hydrogens is 315 g/mol. The highest BCUT2D eigenvalue weighted by molar-refractivity contribution is 8.42. The van der Waals surface area contributed by atoms with E-state index in [0.29, 0.717) is 0 Å². The molecule has 3 nitrogen and oxygen atoms in total. The van der Waals surface area contributed by atoms with E-state index in [-0.39, 0.29) is 0 Å². The maximum Gasteiger partial charge on any atom is 0.357 e. The summed E-state index contributed by atoms with van der Waals surface area (Å²) in [5.41, 5.74) is 2.58. The van der Waals surface area contributed by atoms with Crippen molar-refractivity contribution in [2.75, 3.05) is 7.11 Å². The molecule has 0 unspecified atom stereocenters. The minimum absolute atomic E-state index is 0.786. The molecule has 0 spiro atoms. The average molecular weight is 338 g/mol. The quantitative estimate of drug-likeness (QED) is 0.573. The highest BCUT2D eigenvalue weighted by Crippen LogP contribution is 2.44. The lowest BCUT2D eigenvalue weighted by atomic mass is 10.2. The van der Waals surface area contributed by atoms with Gasteiger partial charge >= 0.3 is 7.58 Å². The molecule has 5 heteroatoms. The van der Waals surface area contributed by atoms with Gasteiger partial charge < -0.3 is 14.2 Å². The Morgan fingerprint density at radius 3 is 1.36 bits per heavy atom. The van der Waals surface area contributed by atoms with E-state index in [1.165, 1.54) is 11.1 Å². The fourth-order valence-corrected chi connectivity index (χ4v) is 2.98. The van der Waals surface area contributed by atoms with E-state index >= 15 is 0 Å². The first-order chi connectivity index (χ1) is 10.7. The maximum absolute atomic E-state index is 7.00. The number of aryl methyl sites for hydroxylation is 2. The first-order valence-electron chi connectivity index (χ1n) is 7.18. The normalized spacial score (nSPS) is 9.91. The maximum atomic E-state index is 7.00. The molecule has 0 saturated carbocycles. The molecule has 0 aliphatic rings. The van der Waals surface area contributed by atoms with Crippen LogP contribution >= 0.6 is 19.8 Å². The lowest BCUT2D eigenvalue weighted by Gasteiger charge is -2.14. The average Bonchev–Trinajstić information content (AvgIpc) is 2.58. The summed E-state index contributed by atoms with van der Waals surface area (Å²) in [6.45, 7) is 4.26. The number of benzene rings is 2. The van der Waals surface area contributed by atoms with Crippen LogP contribution in [-0.2, 0) is 12.8 Å². The summed E-state index contributed by atoms with van der Waals surface area (Å²) in [4.78, 5) is 0. The number of rotatable bonds is 6. The SMILES string of the molecule is CCc1ccc(OP(S)Oc2ccc(CC)cc2)cc1.CO. The topological polar surface area (TPSA) is 38.7 Å². The Morgan fingerprint density at radius 1 is 0.773 bits per heavy atom.